The van der Waals surface area contributed by atoms with Crippen molar-refractivity contribution in [3.8, 4) is 11.3 Å². The first-order valence-electron chi connectivity index (χ1n) is 7.12. The summed E-state index contributed by atoms with van der Waals surface area (Å²) in [5, 5.41) is 13.6. The van der Waals surface area contributed by atoms with Crippen LogP contribution in [-0.2, 0) is 10.0 Å². The zero-order valence-electron chi connectivity index (χ0n) is 12.8. The molecular weight excluding hydrogens is 314 g/mol. The van der Waals surface area contributed by atoms with Crippen LogP contribution in [0, 0.1) is 6.92 Å². The molecule has 0 spiro atoms. The Hall–Kier alpha value is -2.38. The highest BCUT2D eigenvalue weighted by molar-refractivity contribution is 7.90. The van der Waals surface area contributed by atoms with E-state index in [1.165, 1.54) is 21.0 Å². The lowest BCUT2D eigenvalue weighted by atomic mass is 10.2. The first kappa shape index (κ1) is 15.5. The van der Waals surface area contributed by atoms with Gasteiger partial charge in [-0.25, -0.2) is 17.1 Å². The Labute approximate surface area is 134 Å². The number of benzene rings is 1. The van der Waals surface area contributed by atoms with Crippen molar-refractivity contribution < 1.29 is 13.5 Å². The van der Waals surface area contributed by atoms with Crippen LogP contribution in [-0.4, -0.2) is 27.3 Å². The molecule has 2 aromatic heterocycles. The third-order valence-corrected chi connectivity index (χ3v) is 5.28. The third kappa shape index (κ3) is 2.80. The van der Waals surface area contributed by atoms with Gasteiger partial charge in [0, 0.05) is 18.0 Å². The molecule has 0 aliphatic carbocycles. The number of rotatable bonds is 4. The van der Waals surface area contributed by atoms with Crippen molar-refractivity contribution in [1.29, 1.82) is 0 Å². The van der Waals surface area contributed by atoms with Gasteiger partial charge in [-0.05, 0) is 38.1 Å². The smallest absolute Gasteiger partial charge is 0.268 e. The predicted molar refractivity (Wildman–Crippen MR) is 86.3 cm³/mol. The zero-order valence-corrected chi connectivity index (χ0v) is 13.6. The molecule has 0 aliphatic rings. The van der Waals surface area contributed by atoms with Crippen LogP contribution in [0.2, 0.25) is 0 Å². The molecular formula is C16H17N3O3S. The Morgan fingerprint density at radius 3 is 2.48 bits per heavy atom. The summed E-state index contributed by atoms with van der Waals surface area (Å²) in [7, 11) is -3.69. The molecule has 0 radical (unpaired) electrons. The van der Waals surface area contributed by atoms with Crippen molar-refractivity contribution in [2.75, 3.05) is 0 Å². The van der Waals surface area contributed by atoms with E-state index in [2.05, 4.69) is 5.10 Å². The fourth-order valence-corrected chi connectivity index (χ4v) is 3.66. The number of aliphatic hydroxyl groups excluding tert-OH is 1. The van der Waals surface area contributed by atoms with Gasteiger partial charge in [-0.1, -0.05) is 17.7 Å². The minimum atomic E-state index is -3.69. The fraction of sp³-hybridized carbons (Fsp3) is 0.188. The largest absolute Gasteiger partial charge is 0.372 e. The van der Waals surface area contributed by atoms with Crippen LogP contribution in [0.15, 0.2) is 59.9 Å². The lowest BCUT2D eigenvalue weighted by Crippen LogP contribution is -2.13. The summed E-state index contributed by atoms with van der Waals surface area (Å²) in [6, 6.07) is 10.1. The molecule has 0 amide bonds. The van der Waals surface area contributed by atoms with Crippen molar-refractivity contribution in [2.24, 2.45) is 0 Å². The number of aryl methyl sites for hydroxylation is 1. The van der Waals surface area contributed by atoms with Crippen molar-refractivity contribution in [3.05, 3.63) is 60.6 Å². The van der Waals surface area contributed by atoms with E-state index < -0.39 is 16.3 Å². The molecule has 0 bridgehead atoms. The molecule has 0 saturated carbocycles. The summed E-state index contributed by atoms with van der Waals surface area (Å²) < 4.78 is 28.2. The van der Waals surface area contributed by atoms with E-state index in [-0.39, 0.29) is 4.90 Å². The average Bonchev–Trinajstić information content (AvgIpc) is 3.16. The predicted octanol–water partition coefficient (Wildman–Crippen LogP) is 2.41. The summed E-state index contributed by atoms with van der Waals surface area (Å²) in [5.41, 5.74) is 2.11. The van der Waals surface area contributed by atoms with Crippen LogP contribution in [0.3, 0.4) is 0 Å². The van der Waals surface area contributed by atoms with E-state index in [4.69, 9.17) is 0 Å². The minimum absolute atomic E-state index is 0.225. The standard InChI is InChI=1S/C16H17N3O3S/c1-12-5-7-15(8-6-12)23(21,22)19-9-3-4-16(19)14-10-17-18(11-14)13(2)20/h3-11,13,20H,1-2H3. The van der Waals surface area contributed by atoms with Crippen LogP contribution >= 0.6 is 0 Å². The summed E-state index contributed by atoms with van der Waals surface area (Å²) in [4.78, 5) is 0.225. The molecule has 0 saturated heterocycles. The topological polar surface area (TPSA) is 77.1 Å². The van der Waals surface area contributed by atoms with Crippen LogP contribution in [0.25, 0.3) is 11.3 Å². The molecule has 1 aromatic carbocycles. The van der Waals surface area contributed by atoms with E-state index in [0.29, 0.717) is 11.3 Å². The Balaban J connectivity index is 2.07. The number of nitrogens with zero attached hydrogens (tertiary/aromatic N) is 3. The SMILES string of the molecule is Cc1ccc(S(=O)(=O)n2cccc2-c2cnn(C(C)O)c2)cc1. The van der Waals surface area contributed by atoms with E-state index in [1.54, 1.807) is 49.5 Å². The number of aliphatic hydroxyl groups is 1. The van der Waals surface area contributed by atoms with Crippen molar-refractivity contribution in [3.63, 3.8) is 0 Å². The van der Waals surface area contributed by atoms with Gasteiger partial charge in [0.05, 0.1) is 16.8 Å². The Morgan fingerprint density at radius 2 is 1.87 bits per heavy atom. The number of aromatic nitrogens is 3. The van der Waals surface area contributed by atoms with Crippen LogP contribution in [0.4, 0.5) is 0 Å². The molecule has 0 fully saturated rings. The van der Waals surface area contributed by atoms with E-state index in [9.17, 15) is 13.5 Å². The molecule has 2 heterocycles. The van der Waals surface area contributed by atoms with E-state index in [1.807, 2.05) is 6.92 Å². The fourth-order valence-electron chi connectivity index (χ4n) is 2.30. The Morgan fingerprint density at radius 1 is 1.17 bits per heavy atom. The summed E-state index contributed by atoms with van der Waals surface area (Å²) in [6.07, 6.45) is 3.87. The molecule has 6 nitrogen and oxygen atoms in total. The zero-order chi connectivity index (χ0) is 16.6. The Kier molecular flexibility index (Phi) is 3.83. The van der Waals surface area contributed by atoms with Crippen LogP contribution in [0.5, 0.6) is 0 Å². The molecule has 1 N–H and O–H groups in total. The van der Waals surface area contributed by atoms with Gasteiger partial charge >= 0.3 is 0 Å². The van der Waals surface area contributed by atoms with E-state index >= 15 is 0 Å². The van der Waals surface area contributed by atoms with Crippen molar-refractivity contribution in [2.45, 2.75) is 25.0 Å². The molecule has 3 aromatic rings. The maximum Gasteiger partial charge on any atom is 0.268 e. The van der Waals surface area contributed by atoms with Gasteiger partial charge in [0.1, 0.15) is 6.23 Å². The van der Waals surface area contributed by atoms with Gasteiger partial charge < -0.3 is 5.11 Å². The minimum Gasteiger partial charge on any atom is -0.372 e. The van der Waals surface area contributed by atoms with Gasteiger partial charge in [-0.2, -0.15) is 5.10 Å². The second-order valence-corrected chi connectivity index (χ2v) is 7.16. The lowest BCUT2D eigenvalue weighted by Gasteiger charge is -2.10. The molecule has 7 heteroatoms. The first-order valence-corrected chi connectivity index (χ1v) is 8.56. The summed E-state index contributed by atoms with van der Waals surface area (Å²) >= 11 is 0. The third-order valence-electron chi connectivity index (χ3n) is 3.57. The van der Waals surface area contributed by atoms with Crippen LogP contribution in [0.1, 0.15) is 18.7 Å². The normalized spacial score (nSPS) is 13.2. The molecule has 23 heavy (non-hydrogen) atoms. The van der Waals surface area contributed by atoms with Gasteiger partial charge in [-0.15, -0.1) is 0 Å². The number of hydrogen-bond acceptors (Lipinski definition) is 4. The highest BCUT2D eigenvalue weighted by Crippen LogP contribution is 2.25. The maximum atomic E-state index is 12.8. The van der Waals surface area contributed by atoms with E-state index in [0.717, 1.165) is 5.56 Å². The van der Waals surface area contributed by atoms with Crippen molar-refractivity contribution >= 4 is 10.0 Å². The first-order chi connectivity index (χ1) is 10.9. The molecule has 120 valence electrons. The van der Waals surface area contributed by atoms with Gasteiger partial charge in [0.15, 0.2) is 0 Å². The maximum absolute atomic E-state index is 12.8. The highest BCUT2D eigenvalue weighted by atomic mass is 32.2. The average molecular weight is 331 g/mol. The number of hydrogen-bond donors (Lipinski definition) is 1. The monoisotopic (exact) mass is 331 g/mol. The highest BCUT2D eigenvalue weighted by Gasteiger charge is 2.20. The van der Waals surface area contributed by atoms with Crippen molar-refractivity contribution in [1.82, 2.24) is 13.8 Å². The Bertz CT molecular complexity index is 922. The summed E-state index contributed by atoms with van der Waals surface area (Å²) in [6.45, 7) is 3.49. The van der Waals surface area contributed by atoms with Gasteiger partial charge in [-0.3, -0.25) is 0 Å². The second-order valence-electron chi connectivity index (χ2n) is 5.35. The molecule has 1 unspecified atom stereocenters. The molecule has 0 aliphatic heterocycles. The summed E-state index contributed by atoms with van der Waals surface area (Å²) in [5.74, 6) is 0. The molecule has 1 atom stereocenters. The van der Waals surface area contributed by atoms with Crippen LogP contribution < -0.4 is 0 Å². The quantitative estimate of drug-likeness (QED) is 0.796. The van der Waals surface area contributed by atoms with Gasteiger partial charge in [0.2, 0.25) is 0 Å². The second kappa shape index (κ2) is 5.68. The molecule has 3 rings (SSSR count). The lowest BCUT2D eigenvalue weighted by molar-refractivity contribution is 0.111. The van der Waals surface area contributed by atoms with Gasteiger partial charge in [0.25, 0.3) is 10.0 Å².